The quantitative estimate of drug-likeness (QED) is 0.235. The van der Waals surface area contributed by atoms with Crippen LogP contribution in [0.25, 0.3) is 0 Å². The average molecular weight is 492 g/mol. The maximum absolute atomic E-state index is 12.4. The van der Waals surface area contributed by atoms with Gasteiger partial charge in [0.05, 0.1) is 10.0 Å². The van der Waals surface area contributed by atoms with Crippen LogP contribution in [-0.4, -0.2) is 19.2 Å². The minimum atomic E-state index is -0.455. The Labute approximate surface area is 174 Å². The fourth-order valence-corrected chi connectivity index (χ4v) is 3.39. The number of carbonyl (C=O) groups is 1. The molecule has 0 N–H and O–H groups in total. The van der Waals surface area contributed by atoms with E-state index in [1.165, 1.54) is 0 Å². The third-order valence-electron chi connectivity index (χ3n) is 3.53. The normalized spacial score (nSPS) is 10.3. The van der Waals surface area contributed by atoms with Crippen LogP contribution in [0.2, 0.25) is 0 Å². The molecule has 0 amide bonds. The molecule has 0 saturated heterocycles. The Hall–Kier alpha value is -2.31. The van der Waals surface area contributed by atoms with Crippen molar-refractivity contribution in [3.63, 3.8) is 0 Å². The molecule has 6 heteroatoms. The molecule has 3 rings (SSSR count). The van der Waals surface area contributed by atoms with E-state index in [2.05, 4.69) is 31.9 Å². The minimum absolute atomic E-state index is 0.367. The van der Waals surface area contributed by atoms with E-state index in [9.17, 15) is 4.79 Å². The van der Waals surface area contributed by atoms with Crippen molar-refractivity contribution in [2.24, 2.45) is 0 Å². The fourth-order valence-electron chi connectivity index (χ4n) is 2.27. The molecule has 0 atom stereocenters. The molecule has 0 radical (unpaired) electrons. The number of hydrogen-bond donors (Lipinski definition) is 0. The highest BCUT2D eigenvalue weighted by molar-refractivity contribution is 9.11. The van der Waals surface area contributed by atoms with E-state index in [1.54, 1.807) is 36.4 Å². The summed E-state index contributed by atoms with van der Waals surface area (Å²) in [6.07, 6.45) is 0. The molecule has 0 heterocycles. The van der Waals surface area contributed by atoms with Crippen molar-refractivity contribution in [1.29, 1.82) is 0 Å². The average Bonchev–Trinajstić information content (AvgIpc) is 2.68. The molecule has 0 fully saturated rings. The third-order valence-corrected chi connectivity index (χ3v) is 4.64. The summed E-state index contributed by atoms with van der Waals surface area (Å²) < 4.78 is 18.3. The summed E-state index contributed by atoms with van der Waals surface area (Å²) >= 11 is 6.74. The number of para-hydroxylation sites is 1. The Bertz CT molecular complexity index is 913. The first kappa shape index (κ1) is 19.5. The molecule has 0 spiro atoms. The standard InChI is InChI=1S/C21H16Br2O4/c22-16-9-10-20(19(23)14-16)27-21(24)15-5-4-8-18(13-15)26-12-11-25-17-6-2-1-3-7-17/h1-10,13-14H,11-12H2. The van der Waals surface area contributed by atoms with Crippen LogP contribution in [0.5, 0.6) is 17.2 Å². The molecule has 138 valence electrons. The predicted octanol–water partition coefficient (Wildman–Crippen LogP) is 5.89. The zero-order valence-corrected chi connectivity index (χ0v) is 17.4. The van der Waals surface area contributed by atoms with Gasteiger partial charge >= 0.3 is 5.97 Å². The molecule has 4 nitrogen and oxygen atoms in total. The van der Waals surface area contributed by atoms with E-state index >= 15 is 0 Å². The van der Waals surface area contributed by atoms with Gasteiger partial charge in [-0.15, -0.1) is 0 Å². The number of hydrogen-bond acceptors (Lipinski definition) is 4. The Morgan fingerprint density at radius 3 is 2.22 bits per heavy atom. The topological polar surface area (TPSA) is 44.8 Å². The second-order valence-corrected chi connectivity index (χ2v) is 7.27. The Morgan fingerprint density at radius 1 is 0.778 bits per heavy atom. The van der Waals surface area contributed by atoms with Gasteiger partial charge in [-0.3, -0.25) is 0 Å². The molecule has 3 aromatic rings. The molecule has 0 saturated carbocycles. The van der Waals surface area contributed by atoms with E-state index in [0.717, 1.165) is 10.2 Å². The van der Waals surface area contributed by atoms with Gasteiger partial charge in [-0.1, -0.05) is 40.2 Å². The van der Waals surface area contributed by atoms with Crippen molar-refractivity contribution < 1.29 is 19.0 Å². The Kier molecular flexibility index (Phi) is 6.90. The molecule has 0 unspecified atom stereocenters. The van der Waals surface area contributed by atoms with Gasteiger partial charge in [-0.25, -0.2) is 4.79 Å². The fraction of sp³-hybridized carbons (Fsp3) is 0.0952. The van der Waals surface area contributed by atoms with Gasteiger partial charge in [-0.05, 0) is 64.5 Å². The summed E-state index contributed by atoms with van der Waals surface area (Å²) in [7, 11) is 0. The minimum Gasteiger partial charge on any atom is -0.490 e. The van der Waals surface area contributed by atoms with Crippen LogP contribution in [0.1, 0.15) is 10.4 Å². The van der Waals surface area contributed by atoms with Crippen LogP contribution in [0.15, 0.2) is 81.7 Å². The van der Waals surface area contributed by atoms with Gasteiger partial charge in [-0.2, -0.15) is 0 Å². The van der Waals surface area contributed by atoms with Crippen LogP contribution in [-0.2, 0) is 0 Å². The van der Waals surface area contributed by atoms with Crippen molar-refractivity contribution in [1.82, 2.24) is 0 Å². The summed E-state index contributed by atoms with van der Waals surface area (Å²) in [6.45, 7) is 0.774. The van der Waals surface area contributed by atoms with Crippen LogP contribution in [0, 0.1) is 0 Å². The zero-order chi connectivity index (χ0) is 19.1. The van der Waals surface area contributed by atoms with Crippen molar-refractivity contribution in [2.45, 2.75) is 0 Å². The first-order valence-electron chi connectivity index (χ1n) is 8.20. The van der Waals surface area contributed by atoms with E-state index in [4.69, 9.17) is 14.2 Å². The molecule has 0 aromatic heterocycles. The number of carbonyl (C=O) groups excluding carboxylic acids is 1. The van der Waals surface area contributed by atoms with E-state index in [0.29, 0.717) is 34.7 Å². The smallest absolute Gasteiger partial charge is 0.343 e. The largest absolute Gasteiger partial charge is 0.490 e. The van der Waals surface area contributed by atoms with E-state index < -0.39 is 5.97 Å². The third kappa shape index (κ3) is 5.84. The molecular formula is C21H16Br2O4. The van der Waals surface area contributed by atoms with E-state index in [-0.39, 0.29) is 0 Å². The highest BCUT2D eigenvalue weighted by Crippen LogP contribution is 2.29. The van der Waals surface area contributed by atoms with Gasteiger partial charge in [0.1, 0.15) is 30.5 Å². The highest BCUT2D eigenvalue weighted by Gasteiger charge is 2.12. The Balaban J connectivity index is 1.55. The number of halogens is 2. The van der Waals surface area contributed by atoms with Crippen LogP contribution < -0.4 is 14.2 Å². The lowest BCUT2D eigenvalue weighted by Gasteiger charge is -2.10. The molecule has 3 aromatic carbocycles. The lowest BCUT2D eigenvalue weighted by molar-refractivity contribution is 0.0733. The monoisotopic (exact) mass is 490 g/mol. The number of ether oxygens (including phenoxy) is 3. The summed E-state index contributed by atoms with van der Waals surface area (Å²) in [5, 5.41) is 0. The van der Waals surface area contributed by atoms with Crippen molar-refractivity contribution in [2.75, 3.05) is 13.2 Å². The summed E-state index contributed by atoms with van der Waals surface area (Å²) in [5.74, 6) is 1.37. The van der Waals surface area contributed by atoms with Crippen molar-refractivity contribution in [3.05, 3.63) is 87.3 Å². The molecule has 0 aliphatic heterocycles. The van der Waals surface area contributed by atoms with Crippen molar-refractivity contribution in [3.8, 4) is 17.2 Å². The highest BCUT2D eigenvalue weighted by atomic mass is 79.9. The summed E-state index contributed by atoms with van der Waals surface area (Å²) in [4.78, 5) is 12.4. The first-order valence-corrected chi connectivity index (χ1v) is 9.78. The van der Waals surface area contributed by atoms with Gasteiger partial charge in [0.15, 0.2) is 0 Å². The molecule has 0 bridgehead atoms. The zero-order valence-electron chi connectivity index (χ0n) is 14.2. The van der Waals surface area contributed by atoms with Crippen LogP contribution >= 0.6 is 31.9 Å². The van der Waals surface area contributed by atoms with Crippen LogP contribution in [0.3, 0.4) is 0 Å². The van der Waals surface area contributed by atoms with Gasteiger partial charge in [0, 0.05) is 4.47 Å². The van der Waals surface area contributed by atoms with Crippen LogP contribution in [0.4, 0.5) is 0 Å². The van der Waals surface area contributed by atoms with Crippen molar-refractivity contribution >= 4 is 37.8 Å². The van der Waals surface area contributed by atoms with Gasteiger partial charge in [0.25, 0.3) is 0 Å². The second kappa shape index (κ2) is 9.58. The maximum Gasteiger partial charge on any atom is 0.343 e. The predicted molar refractivity (Wildman–Crippen MR) is 111 cm³/mol. The molecule has 0 aliphatic carbocycles. The second-order valence-electron chi connectivity index (χ2n) is 5.50. The maximum atomic E-state index is 12.4. The SMILES string of the molecule is O=C(Oc1ccc(Br)cc1Br)c1cccc(OCCOc2ccccc2)c1. The lowest BCUT2D eigenvalue weighted by atomic mass is 10.2. The molecule has 0 aliphatic rings. The van der Waals surface area contributed by atoms with Gasteiger partial charge < -0.3 is 14.2 Å². The molecular weight excluding hydrogens is 476 g/mol. The Morgan fingerprint density at radius 2 is 1.48 bits per heavy atom. The van der Waals surface area contributed by atoms with E-state index in [1.807, 2.05) is 36.4 Å². The van der Waals surface area contributed by atoms with Gasteiger partial charge in [0.2, 0.25) is 0 Å². The summed E-state index contributed by atoms with van der Waals surface area (Å²) in [5.41, 5.74) is 0.409. The lowest BCUT2D eigenvalue weighted by Crippen LogP contribution is -2.11. The summed E-state index contributed by atoms with van der Waals surface area (Å²) in [6, 6.07) is 21.7. The number of benzene rings is 3. The molecule has 27 heavy (non-hydrogen) atoms. The number of esters is 1. The number of rotatable bonds is 7. The first-order chi connectivity index (χ1) is 13.1.